The summed E-state index contributed by atoms with van der Waals surface area (Å²) in [6.45, 7) is 16.0. The molecule has 2 heterocycles. The molecule has 1 aliphatic heterocycles. The molecule has 0 bridgehead atoms. The summed E-state index contributed by atoms with van der Waals surface area (Å²) in [5.74, 6) is 0.735. The first-order valence-electron chi connectivity index (χ1n) is 13.0. The molecule has 2 aliphatic rings. The minimum Gasteiger partial charge on any atom is -0.257 e. The maximum Gasteiger partial charge on any atom is 0.197 e. The number of hydrogen-bond acceptors (Lipinski definition) is 0. The van der Waals surface area contributed by atoms with Crippen LogP contribution < -0.4 is 0 Å². The minimum atomic E-state index is 0.0505. The van der Waals surface area contributed by atoms with E-state index in [1.807, 2.05) is 11.3 Å². The van der Waals surface area contributed by atoms with Crippen LogP contribution in [0.15, 0.2) is 48.7 Å². The van der Waals surface area contributed by atoms with Gasteiger partial charge in [-0.1, -0.05) is 100 Å². The highest BCUT2D eigenvalue weighted by Gasteiger charge is 2.35. The Morgan fingerprint density at radius 3 is 2.43 bits per heavy atom. The molecule has 0 atom stereocenters. The second kappa shape index (κ2) is 8.10. The van der Waals surface area contributed by atoms with Crippen LogP contribution in [0, 0.1) is 19.9 Å². The molecule has 1 nitrogen and oxygen atoms in total. The van der Waals surface area contributed by atoms with Crippen molar-refractivity contribution in [3.8, 4) is 0 Å². The van der Waals surface area contributed by atoms with Crippen LogP contribution >= 0.6 is 11.3 Å². The Morgan fingerprint density at radius 1 is 1.00 bits per heavy atom. The summed E-state index contributed by atoms with van der Waals surface area (Å²) < 4.78 is 3.54. The number of nitrogens with zero attached hydrogens (tertiary/aromatic N) is 1. The summed E-state index contributed by atoms with van der Waals surface area (Å²) in [6, 6.07) is 17.4. The Hall–Kier alpha value is -2.84. The van der Waals surface area contributed by atoms with Crippen LogP contribution in [0.1, 0.15) is 90.6 Å². The first-order chi connectivity index (χ1) is 16.8. The lowest BCUT2D eigenvalue weighted by molar-refractivity contribution is -0.417. The molecule has 178 valence electrons. The monoisotopic (exact) mass is 477 g/mol. The predicted molar refractivity (Wildman–Crippen MR) is 153 cm³/mol. The van der Waals surface area contributed by atoms with Crippen LogP contribution in [0.25, 0.3) is 26.9 Å². The van der Waals surface area contributed by atoms with Gasteiger partial charge >= 0.3 is 0 Å². The van der Waals surface area contributed by atoms with Gasteiger partial charge in [0.2, 0.25) is 0 Å². The Morgan fingerprint density at radius 2 is 1.71 bits per heavy atom. The van der Waals surface area contributed by atoms with Crippen molar-refractivity contribution in [1.82, 2.24) is 0 Å². The Balaban J connectivity index is 1.59. The van der Waals surface area contributed by atoms with Crippen LogP contribution in [0.2, 0.25) is 0 Å². The van der Waals surface area contributed by atoms with Crippen LogP contribution in [-0.2, 0) is 5.41 Å². The number of rotatable bonds is 2. The molecular formula is C33H35NS. The fourth-order valence-electron chi connectivity index (χ4n) is 6.38. The van der Waals surface area contributed by atoms with Gasteiger partial charge in [0, 0.05) is 0 Å². The fraction of sp³-hybridized carbons (Fsp3) is 0.333. The van der Waals surface area contributed by atoms with Gasteiger partial charge in [-0.15, -0.1) is 17.7 Å². The van der Waals surface area contributed by atoms with Crippen molar-refractivity contribution in [2.75, 3.05) is 0 Å². The molecule has 0 N–H and O–H groups in total. The highest BCUT2D eigenvalue weighted by Crippen LogP contribution is 2.47. The topological polar surface area (TPSA) is 3.01 Å². The van der Waals surface area contributed by atoms with Gasteiger partial charge in [0.1, 0.15) is 17.5 Å². The summed E-state index contributed by atoms with van der Waals surface area (Å²) in [5.41, 5.74) is 8.49. The van der Waals surface area contributed by atoms with Crippen molar-refractivity contribution >= 4 is 45.0 Å². The van der Waals surface area contributed by atoms with E-state index in [0.717, 1.165) is 5.92 Å². The lowest BCUT2D eigenvalue weighted by atomic mass is 9.79. The smallest absolute Gasteiger partial charge is 0.197 e. The first-order valence-corrected chi connectivity index (χ1v) is 13.8. The summed E-state index contributed by atoms with van der Waals surface area (Å²) >= 11 is 1.96. The second-order valence-electron chi connectivity index (χ2n) is 11.5. The molecule has 0 amide bonds. The Labute approximate surface area is 213 Å². The molecule has 0 saturated heterocycles. The minimum absolute atomic E-state index is 0.0505. The number of benzene rings is 3. The van der Waals surface area contributed by atoms with E-state index >= 15 is 0 Å². The molecule has 1 saturated carbocycles. The van der Waals surface area contributed by atoms with Crippen LogP contribution in [0.4, 0.5) is 0 Å². The highest BCUT2D eigenvalue weighted by atomic mass is 32.1. The SMILES string of the molecule is C=[N+]1C=Cc2c([s+][c-]3c(C)c(C4CCCC4)ccc23)[C-]1c1cc(C(C)(C)C)c2ccccc2c1C. The molecule has 0 unspecified atom stereocenters. The van der Waals surface area contributed by atoms with Crippen LogP contribution in [0.3, 0.4) is 0 Å². The van der Waals surface area contributed by atoms with Crippen molar-refractivity contribution in [2.45, 2.75) is 71.6 Å². The van der Waals surface area contributed by atoms with Gasteiger partial charge in [-0.2, -0.15) is 0 Å². The molecule has 0 radical (unpaired) electrons. The van der Waals surface area contributed by atoms with Crippen molar-refractivity contribution < 1.29 is 4.58 Å². The Bertz CT molecular complexity index is 1520. The molecule has 35 heavy (non-hydrogen) atoms. The standard InChI is InChI=1S/C33H35NS/c1-20-24-13-9-10-14-25(24)29(33(3,4)5)19-28(20)30-32-27(17-18-34(30)6)26-16-15-23(21(2)31(26)35-32)22-11-7-8-12-22/h9-10,13-19,22H,6-8,11-12H2,1-5H3. The zero-order chi connectivity index (χ0) is 24.5. The van der Waals surface area contributed by atoms with Gasteiger partial charge in [0.05, 0.1) is 6.72 Å². The molecule has 1 fully saturated rings. The average Bonchev–Trinajstić information content (AvgIpc) is 3.48. The molecule has 6 rings (SSSR count). The molecule has 3 aromatic carbocycles. The zero-order valence-corrected chi connectivity index (χ0v) is 22.5. The van der Waals surface area contributed by atoms with E-state index < -0.39 is 0 Å². The fourth-order valence-corrected chi connectivity index (χ4v) is 7.76. The van der Waals surface area contributed by atoms with E-state index in [1.54, 1.807) is 5.56 Å². The molecular weight excluding hydrogens is 442 g/mol. The largest absolute Gasteiger partial charge is 0.257 e. The van der Waals surface area contributed by atoms with Crippen molar-refractivity contribution in [2.24, 2.45) is 0 Å². The van der Waals surface area contributed by atoms with E-state index in [-0.39, 0.29) is 5.41 Å². The van der Waals surface area contributed by atoms with E-state index in [4.69, 9.17) is 0 Å². The highest BCUT2D eigenvalue weighted by molar-refractivity contribution is 7.20. The third-order valence-electron chi connectivity index (χ3n) is 8.28. The quantitative estimate of drug-likeness (QED) is 0.154. The molecule has 1 aliphatic carbocycles. The van der Waals surface area contributed by atoms with E-state index in [0.29, 0.717) is 0 Å². The van der Waals surface area contributed by atoms with Gasteiger partial charge in [0.25, 0.3) is 0 Å². The van der Waals surface area contributed by atoms with Crippen molar-refractivity contribution in [3.05, 3.63) is 93.0 Å². The van der Waals surface area contributed by atoms with Gasteiger partial charge in [-0.25, -0.2) is 0 Å². The normalized spacial score (nSPS) is 16.6. The molecule has 2 heteroatoms. The van der Waals surface area contributed by atoms with Gasteiger partial charge in [-0.05, 0) is 51.8 Å². The lowest BCUT2D eigenvalue weighted by Gasteiger charge is -2.28. The third kappa shape index (κ3) is 3.49. The maximum atomic E-state index is 4.46. The maximum absolute atomic E-state index is 4.46. The Kier molecular flexibility index (Phi) is 5.23. The number of aryl methyl sites for hydroxylation is 2. The van der Waals surface area contributed by atoms with Gasteiger partial charge in [0.15, 0.2) is 15.6 Å². The second-order valence-corrected chi connectivity index (χ2v) is 12.5. The van der Waals surface area contributed by atoms with Crippen molar-refractivity contribution in [1.29, 1.82) is 0 Å². The van der Waals surface area contributed by atoms with Crippen molar-refractivity contribution in [3.63, 3.8) is 0 Å². The zero-order valence-electron chi connectivity index (χ0n) is 21.7. The van der Waals surface area contributed by atoms with Gasteiger partial charge < -0.3 is 0 Å². The molecule has 4 aromatic rings. The van der Waals surface area contributed by atoms with E-state index in [9.17, 15) is 0 Å². The van der Waals surface area contributed by atoms with Crippen LogP contribution in [-0.4, -0.2) is 11.3 Å². The number of hydrogen-bond donors (Lipinski definition) is 0. The summed E-state index contributed by atoms with van der Waals surface area (Å²) in [5, 5.41) is 4.09. The van der Waals surface area contributed by atoms with E-state index in [2.05, 4.69) is 101 Å². The number of thiophene rings is 1. The summed E-state index contributed by atoms with van der Waals surface area (Å²) in [4.78, 5) is 1.35. The summed E-state index contributed by atoms with van der Waals surface area (Å²) in [7, 11) is 0. The third-order valence-corrected chi connectivity index (χ3v) is 9.63. The first kappa shape index (κ1) is 22.6. The van der Waals surface area contributed by atoms with Gasteiger partial charge in [-0.3, -0.25) is 4.58 Å². The average molecular weight is 478 g/mol. The molecule has 0 spiro atoms. The number of fused-ring (bicyclic) bond motifs is 4. The summed E-state index contributed by atoms with van der Waals surface area (Å²) in [6.07, 6.45) is 9.84. The van der Waals surface area contributed by atoms with E-state index in [1.165, 1.54) is 85.3 Å². The van der Waals surface area contributed by atoms with Crippen LogP contribution in [0.5, 0.6) is 0 Å². The lowest BCUT2D eigenvalue weighted by Crippen LogP contribution is -2.20. The molecule has 1 aromatic heterocycles. The predicted octanol–water partition coefficient (Wildman–Crippen LogP) is 9.25.